The Morgan fingerprint density at radius 3 is 2.11 bits per heavy atom. The highest BCUT2D eigenvalue weighted by Gasteiger charge is 2.41. The Hall–Kier alpha value is -1.83. The van der Waals surface area contributed by atoms with Crippen molar-refractivity contribution in [1.29, 1.82) is 0 Å². The molecule has 108 valence electrons. The third-order valence-electron chi connectivity index (χ3n) is 3.42. The zero-order valence-electron chi connectivity index (χ0n) is 11.1. The number of nitrogens with one attached hydrogen (secondary N) is 1. The van der Waals surface area contributed by atoms with Crippen molar-refractivity contribution in [2.45, 2.75) is 37.8 Å². The maximum atomic E-state index is 12.1. The Labute approximate surface area is 111 Å². The zero-order valence-corrected chi connectivity index (χ0v) is 11.1. The summed E-state index contributed by atoms with van der Waals surface area (Å²) in [6.45, 7) is 3.36. The van der Waals surface area contributed by atoms with Crippen LogP contribution in [0.5, 0.6) is 0 Å². The van der Waals surface area contributed by atoms with Crippen LogP contribution in [0.4, 0.5) is 4.79 Å². The lowest BCUT2D eigenvalue weighted by molar-refractivity contribution is -0.134. The standard InChI is InChI=1S/C11H20N4O4/c1-10(2,7(12)16)14-8(17)11(13)3-5-15(6-4-11)9(18)19/h3-6,13H2,1-2H3,(H2,12,16)(H,14,17)(H,18,19). The van der Waals surface area contributed by atoms with Crippen LogP contribution in [0.25, 0.3) is 0 Å². The predicted molar refractivity (Wildman–Crippen MR) is 67.2 cm³/mol. The number of carbonyl (C=O) groups excluding carboxylic acids is 2. The lowest BCUT2D eigenvalue weighted by Crippen LogP contribution is -2.65. The van der Waals surface area contributed by atoms with E-state index in [9.17, 15) is 14.4 Å². The zero-order chi connectivity index (χ0) is 14.8. The quantitative estimate of drug-likeness (QED) is 0.513. The minimum Gasteiger partial charge on any atom is -0.465 e. The van der Waals surface area contributed by atoms with Crippen LogP contribution in [0.15, 0.2) is 0 Å². The molecule has 6 N–H and O–H groups in total. The van der Waals surface area contributed by atoms with E-state index in [2.05, 4.69) is 5.32 Å². The molecule has 1 aliphatic heterocycles. The van der Waals surface area contributed by atoms with Crippen molar-refractivity contribution in [3.63, 3.8) is 0 Å². The molecule has 0 saturated carbocycles. The molecule has 0 spiro atoms. The van der Waals surface area contributed by atoms with E-state index in [0.717, 1.165) is 0 Å². The summed E-state index contributed by atoms with van der Waals surface area (Å²) in [5.74, 6) is -1.14. The van der Waals surface area contributed by atoms with Crippen molar-refractivity contribution in [2.75, 3.05) is 13.1 Å². The van der Waals surface area contributed by atoms with Gasteiger partial charge in [0.15, 0.2) is 0 Å². The van der Waals surface area contributed by atoms with E-state index in [1.165, 1.54) is 18.7 Å². The highest BCUT2D eigenvalue weighted by atomic mass is 16.4. The Balaban J connectivity index is 2.68. The van der Waals surface area contributed by atoms with Gasteiger partial charge in [-0.05, 0) is 26.7 Å². The van der Waals surface area contributed by atoms with Crippen molar-refractivity contribution < 1.29 is 19.5 Å². The fraction of sp³-hybridized carbons (Fsp3) is 0.727. The first-order valence-electron chi connectivity index (χ1n) is 5.98. The molecular weight excluding hydrogens is 252 g/mol. The number of amides is 3. The molecule has 0 aliphatic carbocycles. The van der Waals surface area contributed by atoms with Crippen molar-refractivity contribution in [3.8, 4) is 0 Å². The van der Waals surface area contributed by atoms with Gasteiger partial charge >= 0.3 is 6.09 Å². The van der Waals surface area contributed by atoms with Gasteiger partial charge in [0.2, 0.25) is 11.8 Å². The molecule has 1 aliphatic rings. The van der Waals surface area contributed by atoms with Gasteiger partial charge in [0.05, 0.1) is 5.54 Å². The van der Waals surface area contributed by atoms with Crippen LogP contribution in [-0.4, -0.2) is 52.1 Å². The molecule has 1 saturated heterocycles. The number of likely N-dealkylation sites (tertiary alicyclic amines) is 1. The third-order valence-corrected chi connectivity index (χ3v) is 3.42. The second kappa shape index (κ2) is 5.04. The maximum Gasteiger partial charge on any atom is 0.407 e. The van der Waals surface area contributed by atoms with E-state index in [1.807, 2.05) is 0 Å². The molecule has 8 heteroatoms. The van der Waals surface area contributed by atoms with Crippen molar-refractivity contribution >= 4 is 17.9 Å². The Bertz CT molecular complexity index is 399. The Morgan fingerprint density at radius 2 is 1.74 bits per heavy atom. The van der Waals surface area contributed by atoms with Gasteiger partial charge in [-0.1, -0.05) is 0 Å². The van der Waals surface area contributed by atoms with Crippen LogP contribution in [0.1, 0.15) is 26.7 Å². The summed E-state index contributed by atoms with van der Waals surface area (Å²) < 4.78 is 0. The van der Waals surface area contributed by atoms with E-state index in [4.69, 9.17) is 16.6 Å². The molecule has 0 aromatic carbocycles. The minimum atomic E-state index is -1.19. The summed E-state index contributed by atoms with van der Waals surface area (Å²) in [7, 11) is 0. The predicted octanol–water partition coefficient (Wildman–Crippen LogP) is -1.16. The summed E-state index contributed by atoms with van der Waals surface area (Å²) >= 11 is 0. The fourth-order valence-corrected chi connectivity index (χ4v) is 1.79. The fourth-order valence-electron chi connectivity index (χ4n) is 1.79. The first-order valence-corrected chi connectivity index (χ1v) is 5.98. The molecule has 1 fully saturated rings. The van der Waals surface area contributed by atoms with Gasteiger partial charge in [-0.3, -0.25) is 9.59 Å². The van der Waals surface area contributed by atoms with Crippen LogP contribution in [0, 0.1) is 0 Å². The second-order valence-corrected chi connectivity index (χ2v) is 5.37. The molecule has 0 unspecified atom stereocenters. The van der Waals surface area contributed by atoms with Gasteiger partial charge in [-0.15, -0.1) is 0 Å². The van der Waals surface area contributed by atoms with Gasteiger partial charge in [-0.2, -0.15) is 0 Å². The average Bonchev–Trinajstić information content (AvgIpc) is 2.28. The number of piperidine rings is 1. The number of primary amides is 1. The molecule has 0 atom stereocenters. The molecule has 0 bridgehead atoms. The Morgan fingerprint density at radius 1 is 1.26 bits per heavy atom. The van der Waals surface area contributed by atoms with E-state index in [-0.39, 0.29) is 25.9 Å². The van der Waals surface area contributed by atoms with Gasteiger partial charge in [0.25, 0.3) is 0 Å². The highest BCUT2D eigenvalue weighted by molar-refractivity contribution is 5.93. The lowest BCUT2D eigenvalue weighted by atomic mass is 9.86. The highest BCUT2D eigenvalue weighted by Crippen LogP contribution is 2.21. The summed E-state index contributed by atoms with van der Waals surface area (Å²) in [6, 6.07) is 0. The lowest BCUT2D eigenvalue weighted by Gasteiger charge is -2.38. The van der Waals surface area contributed by atoms with E-state index in [0.29, 0.717) is 0 Å². The summed E-state index contributed by atoms with van der Waals surface area (Å²) in [5, 5.41) is 11.3. The molecule has 19 heavy (non-hydrogen) atoms. The number of carbonyl (C=O) groups is 3. The van der Waals surface area contributed by atoms with Crippen LogP contribution < -0.4 is 16.8 Å². The minimum absolute atomic E-state index is 0.191. The number of rotatable bonds is 3. The molecule has 0 radical (unpaired) electrons. The molecule has 0 aromatic rings. The van der Waals surface area contributed by atoms with Crippen LogP contribution in [-0.2, 0) is 9.59 Å². The number of hydrogen-bond acceptors (Lipinski definition) is 4. The molecule has 1 rings (SSSR count). The molecule has 1 heterocycles. The van der Waals surface area contributed by atoms with Gasteiger partial charge < -0.3 is 26.8 Å². The first kappa shape index (κ1) is 15.2. The van der Waals surface area contributed by atoms with E-state index < -0.39 is 29.0 Å². The van der Waals surface area contributed by atoms with E-state index >= 15 is 0 Å². The van der Waals surface area contributed by atoms with Crippen molar-refractivity contribution in [3.05, 3.63) is 0 Å². The maximum absolute atomic E-state index is 12.1. The summed E-state index contributed by atoms with van der Waals surface area (Å²) in [6.07, 6.45) is -0.611. The van der Waals surface area contributed by atoms with Gasteiger partial charge in [0, 0.05) is 13.1 Å². The number of hydrogen-bond donors (Lipinski definition) is 4. The van der Waals surface area contributed by atoms with Crippen LogP contribution in [0.2, 0.25) is 0 Å². The van der Waals surface area contributed by atoms with Crippen molar-refractivity contribution in [2.24, 2.45) is 11.5 Å². The summed E-state index contributed by atoms with van der Waals surface area (Å²) in [5.41, 5.74) is 8.81. The topological polar surface area (TPSA) is 139 Å². The smallest absolute Gasteiger partial charge is 0.407 e. The largest absolute Gasteiger partial charge is 0.465 e. The normalized spacial score (nSPS) is 18.8. The number of nitrogens with zero attached hydrogens (tertiary/aromatic N) is 1. The van der Waals surface area contributed by atoms with Crippen molar-refractivity contribution in [1.82, 2.24) is 10.2 Å². The second-order valence-electron chi connectivity index (χ2n) is 5.37. The molecular formula is C11H20N4O4. The SMILES string of the molecule is CC(C)(NC(=O)C1(N)CCN(C(=O)O)CC1)C(N)=O. The van der Waals surface area contributed by atoms with Crippen LogP contribution >= 0.6 is 0 Å². The first-order chi connectivity index (χ1) is 8.58. The molecule has 3 amide bonds. The molecule has 8 nitrogen and oxygen atoms in total. The van der Waals surface area contributed by atoms with Gasteiger partial charge in [0.1, 0.15) is 5.54 Å². The Kier molecular flexibility index (Phi) is 4.04. The average molecular weight is 272 g/mol. The number of carboxylic acid groups (broad SMARTS) is 1. The molecule has 0 aromatic heterocycles. The monoisotopic (exact) mass is 272 g/mol. The summed E-state index contributed by atoms with van der Waals surface area (Å²) in [4.78, 5) is 35.3. The van der Waals surface area contributed by atoms with Crippen LogP contribution in [0.3, 0.4) is 0 Å². The third kappa shape index (κ3) is 3.34. The number of nitrogens with two attached hydrogens (primary N) is 2. The van der Waals surface area contributed by atoms with Gasteiger partial charge in [-0.25, -0.2) is 4.79 Å². The van der Waals surface area contributed by atoms with E-state index in [1.54, 1.807) is 0 Å².